The number of benzene rings is 2. The molecular weight excluding hydrogens is 438 g/mol. The quantitative estimate of drug-likeness (QED) is 0.331. The number of amides is 1. The zero-order chi connectivity index (χ0) is 22.5. The first-order valence-corrected chi connectivity index (χ1v) is 11.3. The number of H-pyrrole nitrogens is 1. The van der Waals surface area contributed by atoms with Crippen LogP contribution in [0.1, 0.15) is 18.1 Å². The summed E-state index contributed by atoms with van der Waals surface area (Å²) in [5, 5.41) is 16.8. The van der Waals surface area contributed by atoms with E-state index in [1.54, 1.807) is 12.4 Å². The molecule has 5 aromatic rings. The van der Waals surface area contributed by atoms with Crippen LogP contribution in [0.2, 0.25) is 0 Å². The van der Waals surface area contributed by atoms with Crippen LogP contribution in [0.15, 0.2) is 76.7 Å². The van der Waals surface area contributed by atoms with Gasteiger partial charge in [0.05, 0.1) is 5.75 Å². The van der Waals surface area contributed by atoms with Gasteiger partial charge in [-0.3, -0.25) is 14.9 Å². The topological polar surface area (TPSA) is 122 Å². The van der Waals surface area contributed by atoms with Crippen LogP contribution in [0.4, 0.5) is 5.69 Å². The summed E-state index contributed by atoms with van der Waals surface area (Å²) in [5.41, 5.74) is 1.62. The Kier molecular flexibility index (Phi) is 6.07. The molecule has 0 unspecified atom stereocenters. The van der Waals surface area contributed by atoms with Gasteiger partial charge in [-0.1, -0.05) is 47.3 Å². The van der Waals surface area contributed by atoms with Gasteiger partial charge in [-0.2, -0.15) is 4.98 Å². The van der Waals surface area contributed by atoms with Gasteiger partial charge in [-0.05, 0) is 35.0 Å². The molecule has 0 aliphatic carbocycles. The molecule has 2 aromatic carbocycles. The lowest BCUT2D eigenvalue weighted by atomic mass is 10.1. The number of pyridine rings is 1. The summed E-state index contributed by atoms with van der Waals surface area (Å²) in [4.78, 5) is 25.2. The molecule has 0 bridgehead atoms. The molecule has 164 valence electrons. The molecule has 0 aliphatic heterocycles. The minimum absolute atomic E-state index is 0.108. The van der Waals surface area contributed by atoms with Crippen LogP contribution in [-0.4, -0.2) is 36.2 Å². The number of thioether (sulfide) groups is 1. The maximum atomic E-state index is 12.3. The van der Waals surface area contributed by atoms with E-state index in [0.29, 0.717) is 34.9 Å². The molecule has 9 nitrogen and oxygen atoms in total. The summed E-state index contributed by atoms with van der Waals surface area (Å²) < 4.78 is 5.27. The first-order valence-electron chi connectivity index (χ1n) is 10.3. The Hall–Kier alpha value is -4.05. The van der Waals surface area contributed by atoms with Crippen LogP contribution >= 0.6 is 11.8 Å². The highest BCUT2D eigenvalue weighted by Crippen LogP contribution is 2.21. The first kappa shape index (κ1) is 20.8. The van der Waals surface area contributed by atoms with Gasteiger partial charge in [0.2, 0.25) is 17.0 Å². The molecule has 2 N–H and O–H groups in total. The average molecular weight is 458 g/mol. The minimum Gasteiger partial charge on any atom is -0.339 e. The van der Waals surface area contributed by atoms with Crippen molar-refractivity contribution in [3.05, 3.63) is 78.7 Å². The molecule has 0 saturated heterocycles. The normalized spacial score (nSPS) is 11.0. The van der Waals surface area contributed by atoms with E-state index in [4.69, 9.17) is 4.52 Å². The van der Waals surface area contributed by atoms with E-state index >= 15 is 0 Å². The third-order valence-electron chi connectivity index (χ3n) is 4.84. The molecule has 33 heavy (non-hydrogen) atoms. The zero-order valence-electron chi connectivity index (χ0n) is 17.4. The number of anilines is 1. The van der Waals surface area contributed by atoms with E-state index in [0.717, 1.165) is 22.0 Å². The molecular formula is C23H19N7O2S. The molecule has 0 saturated carbocycles. The molecule has 0 spiro atoms. The molecule has 10 heteroatoms. The lowest BCUT2D eigenvalue weighted by molar-refractivity contribution is -0.116. The predicted molar refractivity (Wildman–Crippen MR) is 124 cm³/mol. The second-order valence-corrected chi connectivity index (χ2v) is 8.15. The van der Waals surface area contributed by atoms with Gasteiger partial charge in [-0.25, -0.2) is 4.98 Å². The Bertz CT molecular complexity index is 1380. The van der Waals surface area contributed by atoms with Gasteiger partial charge in [0.25, 0.3) is 0 Å². The third kappa shape index (κ3) is 5.24. The molecule has 0 atom stereocenters. The number of hydrogen-bond donors (Lipinski definition) is 2. The average Bonchev–Trinajstić information content (AvgIpc) is 3.52. The Morgan fingerprint density at radius 3 is 2.85 bits per heavy atom. The zero-order valence-corrected chi connectivity index (χ0v) is 18.2. The predicted octanol–water partition coefficient (Wildman–Crippen LogP) is 4.27. The lowest BCUT2D eigenvalue weighted by Crippen LogP contribution is -2.12. The molecule has 0 radical (unpaired) electrons. The second kappa shape index (κ2) is 9.61. The van der Waals surface area contributed by atoms with Crippen molar-refractivity contribution in [2.75, 3.05) is 5.32 Å². The minimum atomic E-state index is -0.108. The van der Waals surface area contributed by atoms with Gasteiger partial charge in [0.1, 0.15) is 0 Å². The van der Waals surface area contributed by atoms with Crippen molar-refractivity contribution in [2.45, 2.75) is 23.8 Å². The monoisotopic (exact) mass is 457 g/mol. The number of rotatable bonds is 8. The Morgan fingerprint density at radius 2 is 1.97 bits per heavy atom. The van der Waals surface area contributed by atoms with E-state index in [-0.39, 0.29) is 12.3 Å². The highest BCUT2D eigenvalue weighted by atomic mass is 32.2. The number of carbonyl (C=O) groups excluding carboxylic acids is 1. The van der Waals surface area contributed by atoms with Gasteiger partial charge in [0.15, 0.2) is 11.6 Å². The fraction of sp³-hybridized carbons (Fsp3) is 0.130. The van der Waals surface area contributed by atoms with Crippen LogP contribution in [0, 0.1) is 0 Å². The number of nitrogens with zero attached hydrogens (tertiary/aromatic N) is 5. The van der Waals surface area contributed by atoms with Gasteiger partial charge in [0, 0.05) is 36.5 Å². The van der Waals surface area contributed by atoms with Crippen molar-refractivity contribution in [1.29, 1.82) is 0 Å². The summed E-state index contributed by atoms with van der Waals surface area (Å²) in [5.74, 6) is 1.94. The van der Waals surface area contributed by atoms with Crippen LogP contribution in [0.5, 0.6) is 0 Å². The fourth-order valence-electron chi connectivity index (χ4n) is 3.23. The van der Waals surface area contributed by atoms with E-state index in [9.17, 15) is 4.79 Å². The molecule has 0 aliphatic rings. The fourth-order valence-corrected chi connectivity index (χ4v) is 3.87. The number of aryl methyl sites for hydroxylation is 1. The number of aromatic amines is 1. The number of aromatic nitrogens is 6. The van der Waals surface area contributed by atoms with Crippen molar-refractivity contribution in [2.24, 2.45) is 0 Å². The van der Waals surface area contributed by atoms with Gasteiger partial charge < -0.3 is 9.84 Å². The summed E-state index contributed by atoms with van der Waals surface area (Å²) in [6.45, 7) is 0. The Morgan fingerprint density at radius 1 is 1.06 bits per heavy atom. The highest BCUT2D eigenvalue weighted by molar-refractivity contribution is 7.98. The van der Waals surface area contributed by atoms with Crippen LogP contribution in [0.3, 0.4) is 0 Å². The summed E-state index contributed by atoms with van der Waals surface area (Å²) in [6.07, 6.45) is 4.03. The lowest BCUT2D eigenvalue weighted by Gasteiger charge is -2.05. The van der Waals surface area contributed by atoms with Crippen molar-refractivity contribution in [3.63, 3.8) is 0 Å². The number of hydrogen-bond acceptors (Lipinski definition) is 8. The van der Waals surface area contributed by atoms with Crippen LogP contribution < -0.4 is 5.32 Å². The highest BCUT2D eigenvalue weighted by Gasteiger charge is 2.12. The van der Waals surface area contributed by atoms with Gasteiger partial charge >= 0.3 is 0 Å². The van der Waals surface area contributed by atoms with Crippen molar-refractivity contribution >= 4 is 34.1 Å². The third-order valence-corrected chi connectivity index (χ3v) is 5.68. The molecule has 1 amide bonds. The standard InChI is InChI=1S/C23H19N7O2S/c31-20(25-18-8-7-15-4-1-2-5-16(15)12-18)9-10-21-26-19(30-32-21)14-33-23-27-22(28-29-23)17-6-3-11-24-13-17/h1-8,11-13H,9-10,14H2,(H,25,31)(H,27,28,29). The Labute approximate surface area is 193 Å². The van der Waals surface area contributed by atoms with E-state index in [1.807, 2.05) is 54.6 Å². The van der Waals surface area contributed by atoms with Crippen molar-refractivity contribution in [1.82, 2.24) is 30.3 Å². The van der Waals surface area contributed by atoms with Gasteiger partial charge in [-0.15, -0.1) is 5.10 Å². The van der Waals surface area contributed by atoms with E-state index < -0.39 is 0 Å². The van der Waals surface area contributed by atoms with Crippen LogP contribution in [-0.2, 0) is 17.0 Å². The maximum absolute atomic E-state index is 12.3. The van der Waals surface area contributed by atoms with Crippen LogP contribution in [0.25, 0.3) is 22.2 Å². The summed E-state index contributed by atoms with van der Waals surface area (Å²) in [6, 6.07) is 17.6. The molecule has 3 aromatic heterocycles. The SMILES string of the molecule is O=C(CCc1nc(CSc2n[nH]c(-c3cccnc3)n2)no1)Nc1ccc2ccccc2c1. The maximum Gasteiger partial charge on any atom is 0.227 e. The van der Waals surface area contributed by atoms with E-state index in [2.05, 4.69) is 35.6 Å². The first-order chi connectivity index (χ1) is 16.2. The van der Waals surface area contributed by atoms with Crippen molar-refractivity contribution < 1.29 is 9.32 Å². The summed E-state index contributed by atoms with van der Waals surface area (Å²) in [7, 11) is 0. The molecule has 3 heterocycles. The molecule has 0 fully saturated rings. The largest absolute Gasteiger partial charge is 0.339 e. The Balaban J connectivity index is 1.11. The van der Waals surface area contributed by atoms with Crippen molar-refractivity contribution in [3.8, 4) is 11.4 Å². The summed E-state index contributed by atoms with van der Waals surface area (Å²) >= 11 is 1.39. The number of fused-ring (bicyclic) bond motifs is 1. The van der Waals surface area contributed by atoms with E-state index in [1.165, 1.54) is 11.8 Å². The second-order valence-electron chi connectivity index (χ2n) is 7.21. The number of nitrogens with one attached hydrogen (secondary N) is 2. The molecule has 5 rings (SSSR count). The number of carbonyl (C=O) groups is 1. The smallest absolute Gasteiger partial charge is 0.227 e.